The number of hydrogen-bond donors (Lipinski definition) is 0. The summed E-state index contributed by atoms with van der Waals surface area (Å²) in [7, 11) is 4.69. The molecule has 0 unspecified atom stereocenters. The molecule has 0 saturated carbocycles. The fourth-order valence-electron chi connectivity index (χ4n) is 2.84. The van der Waals surface area contributed by atoms with Gasteiger partial charge in [0.1, 0.15) is 0 Å². The summed E-state index contributed by atoms with van der Waals surface area (Å²) in [4.78, 5) is 12.7. The SMILES string of the molecule is C=CCc1c(C(=O)CCCCCCC)cc(OC)c(OC)c1OC. The maximum atomic E-state index is 12.7. The minimum absolute atomic E-state index is 0.114. The molecule has 0 aromatic heterocycles. The lowest BCUT2D eigenvalue weighted by Crippen LogP contribution is -2.08. The van der Waals surface area contributed by atoms with Gasteiger partial charge in [-0.3, -0.25) is 4.79 Å². The number of ketones is 1. The molecule has 0 radical (unpaired) electrons. The van der Waals surface area contributed by atoms with E-state index in [-0.39, 0.29) is 5.78 Å². The Bertz CT molecular complexity index is 549. The highest BCUT2D eigenvalue weighted by Crippen LogP contribution is 2.42. The van der Waals surface area contributed by atoms with E-state index in [1.54, 1.807) is 33.5 Å². The summed E-state index contributed by atoms with van der Waals surface area (Å²) in [5.74, 6) is 1.68. The molecule has 0 spiro atoms. The highest BCUT2D eigenvalue weighted by atomic mass is 16.5. The molecule has 4 heteroatoms. The Hall–Kier alpha value is -1.97. The predicted molar refractivity (Wildman–Crippen MR) is 97.7 cm³/mol. The van der Waals surface area contributed by atoms with E-state index < -0.39 is 0 Å². The molecule has 4 nitrogen and oxygen atoms in total. The molecule has 1 aromatic rings. The van der Waals surface area contributed by atoms with Crippen LogP contribution in [0.4, 0.5) is 0 Å². The maximum absolute atomic E-state index is 12.7. The zero-order valence-electron chi connectivity index (χ0n) is 15.4. The van der Waals surface area contributed by atoms with Gasteiger partial charge in [-0.25, -0.2) is 0 Å². The van der Waals surface area contributed by atoms with Crippen LogP contribution in [-0.2, 0) is 6.42 Å². The van der Waals surface area contributed by atoms with Gasteiger partial charge in [0.15, 0.2) is 17.3 Å². The summed E-state index contributed by atoms with van der Waals surface area (Å²) in [5.41, 5.74) is 1.45. The molecule has 0 amide bonds. The van der Waals surface area contributed by atoms with Crippen molar-refractivity contribution in [3.05, 3.63) is 29.8 Å². The summed E-state index contributed by atoms with van der Waals surface area (Å²) in [5, 5.41) is 0. The van der Waals surface area contributed by atoms with Crippen LogP contribution in [0.1, 0.15) is 61.4 Å². The van der Waals surface area contributed by atoms with E-state index in [9.17, 15) is 4.79 Å². The van der Waals surface area contributed by atoms with Crippen molar-refractivity contribution in [3.63, 3.8) is 0 Å². The molecule has 24 heavy (non-hydrogen) atoms. The molecule has 0 aliphatic carbocycles. The minimum atomic E-state index is 0.114. The van der Waals surface area contributed by atoms with E-state index in [1.165, 1.54) is 19.3 Å². The molecule has 0 aliphatic rings. The summed E-state index contributed by atoms with van der Waals surface area (Å²) in [6, 6.07) is 1.76. The third kappa shape index (κ3) is 5.02. The first-order chi connectivity index (χ1) is 11.6. The van der Waals surface area contributed by atoms with E-state index in [4.69, 9.17) is 14.2 Å². The normalized spacial score (nSPS) is 10.3. The van der Waals surface area contributed by atoms with Gasteiger partial charge < -0.3 is 14.2 Å². The second-order valence-electron chi connectivity index (χ2n) is 5.75. The molecule has 0 saturated heterocycles. The zero-order valence-corrected chi connectivity index (χ0v) is 15.4. The number of unbranched alkanes of at least 4 members (excludes halogenated alkanes) is 4. The third-order valence-corrected chi connectivity index (χ3v) is 4.09. The number of carbonyl (C=O) groups excluding carboxylic acids is 1. The molecule has 0 heterocycles. The standard InChI is InChI=1S/C20H30O4/c1-6-8-9-10-11-13-17(21)16-14-18(22-3)20(24-5)19(23-4)15(16)12-7-2/h7,14H,2,6,8-13H2,1,3-5H3. The van der Waals surface area contributed by atoms with Crippen molar-refractivity contribution < 1.29 is 19.0 Å². The van der Waals surface area contributed by atoms with Crippen LogP contribution in [0.5, 0.6) is 17.2 Å². The molecule has 1 rings (SSSR count). The first kappa shape index (κ1) is 20.1. The lowest BCUT2D eigenvalue weighted by atomic mass is 9.95. The Kier molecular flexibility index (Phi) is 8.98. The Morgan fingerprint density at radius 2 is 1.71 bits per heavy atom. The van der Waals surface area contributed by atoms with E-state index in [1.807, 2.05) is 0 Å². The van der Waals surface area contributed by atoms with Crippen molar-refractivity contribution in [1.82, 2.24) is 0 Å². The van der Waals surface area contributed by atoms with Crippen LogP contribution in [0.3, 0.4) is 0 Å². The summed E-state index contributed by atoms with van der Waals surface area (Å²) >= 11 is 0. The molecule has 0 fully saturated rings. The summed E-state index contributed by atoms with van der Waals surface area (Å²) < 4.78 is 16.3. The molecule has 0 N–H and O–H groups in total. The van der Waals surface area contributed by atoms with Crippen molar-refractivity contribution >= 4 is 5.78 Å². The van der Waals surface area contributed by atoms with Crippen LogP contribution in [0.15, 0.2) is 18.7 Å². The largest absolute Gasteiger partial charge is 0.493 e. The number of benzene rings is 1. The van der Waals surface area contributed by atoms with Crippen molar-refractivity contribution in [2.75, 3.05) is 21.3 Å². The average molecular weight is 334 g/mol. The van der Waals surface area contributed by atoms with E-state index >= 15 is 0 Å². The molecule has 0 aliphatic heterocycles. The van der Waals surface area contributed by atoms with Crippen LogP contribution in [-0.4, -0.2) is 27.1 Å². The lowest BCUT2D eigenvalue weighted by Gasteiger charge is -2.18. The van der Waals surface area contributed by atoms with Gasteiger partial charge >= 0.3 is 0 Å². The van der Waals surface area contributed by atoms with Crippen LogP contribution < -0.4 is 14.2 Å². The molecule has 1 aromatic carbocycles. The fourth-order valence-corrected chi connectivity index (χ4v) is 2.84. The summed E-state index contributed by atoms with van der Waals surface area (Å²) in [6.45, 7) is 5.97. The Morgan fingerprint density at radius 3 is 2.25 bits per heavy atom. The lowest BCUT2D eigenvalue weighted by molar-refractivity contribution is 0.0977. The smallest absolute Gasteiger partial charge is 0.203 e. The van der Waals surface area contributed by atoms with Crippen LogP contribution in [0.2, 0.25) is 0 Å². The van der Waals surface area contributed by atoms with Crippen LogP contribution in [0.25, 0.3) is 0 Å². The zero-order chi connectivity index (χ0) is 17.9. The quantitative estimate of drug-likeness (QED) is 0.307. The number of ether oxygens (including phenoxy) is 3. The van der Waals surface area contributed by atoms with Gasteiger partial charge in [0, 0.05) is 17.5 Å². The molecule has 134 valence electrons. The Labute approximate surface area is 145 Å². The van der Waals surface area contributed by atoms with Gasteiger partial charge in [-0.05, 0) is 18.9 Å². The predicted octanol–water partition coefficient (Wildman–Crippen LogP) is 4.98. The topological polar surface area (TPSA) is 44.8 Å². The van der Waals surface area contributed by atoms with E-state index in [0.717, 1.165) is 18.4 Å². The monoisotopic (exact) mass is 334 g/mol. The first-order valence-electron chi connectivity index (χ1n) is 8.60. The van der Waals surface area contributed by atoms with Crippen molar-refractivity contribution in [2.24, 2.45) is 0 Å². The second kappa shape index (κ2) is 10.7. The summed E-state index contributed by atoms with van der Waals surface area (Å²) in [6.07, 6.45) is 8.43. The highest BCUT2D eigenvalue weighted by Gasteiger charge is 2.23. The Balaban J connectivity index is 3.10. The van der Waals surface area contributed by atoms with Crippen molar-refractivity contribution in [3.8, 4) is 17.2 Å². The van der Waals surface area contributed by atoms with Crippen molar-refractivity contribution in [1.29, 1.82) is 0 Å². The highest BCUT2D eigenvalue weighted by molar-refractivity contribution is 5.99. The van der Waals surface area contributed by atoms with E-state index in [0.29, 0.717) is 35.7 Å². The van der Waals surface area contributed by atoms with Gasteiger partial charge in [0.05, 0.1) is 21.3 Å². The maximum Gasteiger partial charge on any atom is 0.203 e. The average Bonchev–Trinajstić information content (AvgIpc) is 2.60. The number of hydrogen-bond acceptors (Lipinski definition) is 4. The van der Waals surface area contributed by atoms with Gasteiger partial charge in [-0.15, -0.1) is 6.58 Å². The molecule has 0 atom stereocenters. The molecule has 0 bridgehead atoms. The van der Waals surface area contributed by atoms with Gasteiger partial charge in [0.25, 0.3) is 0 Å². The first-order valence-corrected chi connectivity index (χ1v) is 8.60. The van der Waals surface area contributed by atoms with Gasteiger partial charge in [-0.1, -0.05) is 38.7 Å². The number of Topliss-reactive ketones (excluding diaryl/α,β-unsaturated/α-hetero) is 1. The third-order valence-electron chi connectivity index (χ3n) is 4.09. The number of rotatable bonds is 12. The van der Waals surface area contributed by atoms with Gasteiger partial charge in [-0.2, -0.15) is 0 Å². The number of carbonyl (C=O) groups is 1. The van der Waals surface area contributed by atoms with E-state index in [2.05, 4.69) is 13.5 Å². The van der Waals surface area contributed by atoms with Crippen LogP contribution >= 0.6 is 0 Å². The second-order valence-corrected chi connectivity index (χ2v) is 5.75. The minimum Gasteiger partial charge on any atom is -0.493 e. The fraction of sp³-hybridized carbons (Fsp3) is 0.550. The van der Waals surface area contributed by atoms with Gasteiger partial charge in [0.2, 0.25) is 5.75 Å². The molecular formula is C20H30O4. The van der Waals surface area contributed by atoms with Crippen LogP contribution in [0, 0.1) is 0 Å². The van der Waals surface area contributed by atoms with Crippen molar-refractivity contribution in [2.45, 2.75) is 51.9 Å². The molecular weight excluding hydrogens is 304 g/mol. The number of methoxy groups -OCH3 is 3. The Morgan fingerprint density at radius 1 is 1.04 bits per heavy atom. The number of allylic oxidation sites excluding steroid dienone is 1.